The van der Waals surface area contributed by atoms with Crippen molar-refractivity contribution in [3.63, 3.8) is 0 Å². The molecule has 1 aromatic carbocycles. The number of aromatic nitrogens is 2. The Morgan fingerprint density at radius 2 is 2.35 bits per heavy atom. The molecule has 0 N–H and O–H groups in total. The number of nitrogens with zero attached hydrogens (tertiary/aromatic N) is 2. The first-order valence-electron chi connectivity index (χ1n) is 7.95. The molecular formula is C17H19ClN2O3. The molecule has 0 radical (unpaired) electrons. The lowest BCUT2D eigenvalue weighted by molar-refractivity contribution is -0.142. The Hall–Kier alpha value is -1.59. The number of carbonyl (C=O) groups is 1. The summed E-state index contributed by atoms with van der Waals surface area (Å²) in [6, 6.07) is 6.22. The maximum absolute atomic E-state index is 11.7. The number of carbonyl (C=O) groups excluding carboxylic acids is 1. The first-order valence-corrected chi connectivity index (χ1v) is 8.49. The third kappa shape index (κ3) is 2.62. The third-order valence-electron chi connectivity index (χ3n) is 4.87. The SMILES string of the molecule is COC(=O)C1CC1c1ccc2nc(CCl)n(C[C@@H]3CCO3)c2c1. The van der Waals surface area contributed by atoms with E-state index < -0.39 is 0 Å². The summed E-state index contributed by atoms with van der Waals surface area (Å²) in [5.41, 5.74) is 3.19. The lowest BCUT2D eigenvalue weighted by Crippen LogP contribution is -2.31. The molecule has 2 aromatic rings. The molecular weight excluding hydrogens is 316 g/mol. The van der Waals surface area contributed by atoms with Gasteiger partial charge in [-0.3, -0.25) is 4.79 Å². The van der Waals surface area contributed by atoms with Crippen LogP contribution in [0.1, 0.15) is 30.1 Å². The van der Waals surface area contributed by atoms with Gasteiger partial charge in [0, 0.05) is 6.61 Å². The molecule has 0 amide bonds. The highest BCUT2D eigenvalue weighted by Crippen LogP contribution is 2.48. The summed E-state index contributed by atoms with van der Waals surface area (Å²) in [6.07, 6.45) is 2.19. The van der Waals surface area contributed by atoms with E-state index >= 15 is 0 Å². The van der Waals surface area contributed by atoms with Crippen LogP contribution in [0.4, 0.5) is 0 Å². The molecule has 1 saturated carbocycles. The number of hydrogen-bond acceptors (Lipinski definition) is 4. The second-order valence-corrected chi connectivity index (χ2v) is 6.54. The minimum atomic E-state index is -0.118. The fourth-order valence-electron chi connectivity index (χ4n) is 3.33. The van der Waals surface area contributed by atoms with Gasteiger partial charge in [0.05, 0.1) is 42.6 Å². The number of benzene rings is 1. The first kappa shape index (κ1) is 15.0. The van der Waals surface area contributed by atoms with Crippen molar-refractivity contribution in [3.05, 3.63) is 29.6 Å². The molecule has 1 aromatic heterocycles. The van der Waals surface area contributed by atoms with E-state index in [1.165, 1.54) is 12.7 Å². The Balaban J connectivity index is 1.67. The summed E-state index contributed by atoms with van der Waals surface area (Å²) in [4.78, 5) is 16.3. The van der Waals surface area contributed by atoms with E-state index in [0.717, 1.165) is 42.9 Å². The fourth-order valence-corrected chi connectivity index (χ4v) is 3.54. The zero-order valence-corrected chi connectivity index (χ0v) is 13.8. The summed E-state index contributed by atoms with van der Waals surface area (Å²) in [6.45, 7) is 1.62. The van der Waals surface area contributed by atoms with E-state index in [1.807, 2.05) is 6.07 Å². The summed E-state index contributed by atoms with van der Waals surface area (Å²) >= 11 is 6.06. The molecule has 3 atom stereocenters. The number of imidazole rings is 1. The van der Waals surface area contributed by atoms with Crippen LogP contribution in [0.3, 0.4) is 0 Å². The van der Waals surface area contributed by atoms with Gasteiger partial charge in [-0.2, -0.15) is 0 Å². The number of alkyl halides is 1. The molecule has 1 aliphatic carbocycles. The van der Waals surface area contributed by atoms with Crippen molar-refractivity contribution in [2.75, 3.05) is 13.7 Å². The molecule has 2 heterocycles. The standard InChI is InChI=1S/C17H19ClN2O3/c1-22-17(21)13-7-12(13)10-2-3-14-15(6-10)20(16(8-18)19-14)9-11-4-5-23-11/h2-3,6,11-13H,4-5,7-9H2,1H3/t11-,12?,13?/m0/s1. The van der Waals surface area contributed by atoms with Crippen LogP contribution < -0.4 is 0 Å². The molecule has 2 aliphatic rings. The average molecular weight is 335 g/mol. The quantitative estimate of drug-likeness (QED) is 0.623. The highest BCUT2D eigenvalue weighted by molar-refractivity contribution is 6.16. The summed E-state index contributed by atoms with van der Waals surface area (Å²) in [5.74, 6) is 1.39. The molecule has 0 spiro atoms. The predicted octanol–water partition coefficient (Wildman–Crippen LogP) is 2.84. The second-order valence-electron chi connectivity index (χ2n) is 6.27. The van der Waals surface area contributed by atoms with Gasteiger partial charge in [0.1, 0.15) is 5.82 Å². The van der Waals surface area contributed by atoms with Crippen molar-refractivity contribution < 1.29 is 14.3 Å². The molecule has 1 aliphatic heterocycles. The monoisotopic (exact) mass is 334 g/mol. The summed E-state index contributed by atoms with van der Waals surface area (Å²) < 4.78 is 12.6. The van der Waals surface area contributed by atoms with Crippen LogP contribution in [-0.4, -0.2) is 35.3 Å². The van der Waals surface area contributed by atoms with Crippen molar-refractivity contribution in [2.45, 2.75) is 37.3 Å². The molecule has 2 fully saturated rings. The lowest BCUT2D eigenvalue weighted by Gasteiger charge is -2.27. The van der Waals surface area contributed by atoms with Crippen LogP contribution in [0.5, 0.6) is 0 Å². The Morgan fingerprint density at radius 1 is 1.52 bits per heavy atom. The van der Waals surface area contributed by atoms with Gasteiger partial charge < -0.3 is 14.0 Å². The normalized spacial score (nSPS) is 26.1. The summed E-state index contributed by atoms with van der Waals surface area (Å²) in [5, 5.41) is 0. The Labute approximate surface area is 139 Å². The van der Waals surface area contributed by atoms with Gasteiger partial charge in [0.15, 0.2) is 0 Å². The number of fused-ring (bicyclic) bond motifs is 1. The maximum atomic E-state index is 11.7. The largest absolute Gasteiger partial charge is 0.469 e. The Bertz CT molecular complexity index is 754. The smallest absolute Gasteiger partial charge is 0.309 e. The highest BCUT2D eigenvalue weighted by atomic mass is 35.5. The summed E-state index contributed by atoms with van der Waals surface area (Å²) in [7, 11) is 1.45. The highest BCUT2D eigenvalue weighted by Gasteiger charge is 2.45. The topological polar surface area (TPSA) is 53.3 Å². The van der Waals surface area contributed by atoms with Crippen LogP contribution in [0.2, 0.25) is 0 Å². The maximum Gasteiger partial charge on any atom is 0.309 e. The number of halogens is 1. The predicted molar refractivity (Wildman–Crippen MR) is 86.5 cm³/mol. The van der Waals surface area contributed by atoms with Crippen molar-refractivity contribution in [3.8, 4) is 0 Å². The van der Waals surface area contributed by atoms with Gasteiger partial charge >= 0.3 is 5.97 Å². The number of rotatable bonds is 5. The number of hydrogen-bond donors (Lipinski definition) is 0. The van der Waals surface area contributed by atoms with Gasteiger partial charge in [-0.25, -0.2) is 4.98 Å². The van der Waals surface area contributed by atoms with Crippen molar-refractivity contribution in [1.29, 1.82) is 0 Å². The van der Waals surface area contributed by atoms with Crippen molar-refractivity contribution in [2.24, 2.45) is 5.92 Å². The van der Waals surface area contributed by atoms with E-state index in [-0.39, 0.29) is 23.9 Å². The molecule has 1 saturated heterocycles. The Morgan fingerprint density at radius 3 is 3.00 bits per heavy atom. The number of esters is 1. The van der Waals surface area contributed by atoms with E-state index in [4.69, 9.17) is 21.1 Å². The zero-order valence-electron chi connectivity index (χ0n) is 13.0. The molecule has 5 nitrogen and oxygen atoms in total. The van der Waals surface area contributed by atoms with Gasteiger partial charge in [0.25, 0.3) is 0 Å². The van der Waals surface area contributed by atoms with Crippen molar-refractivity contribution >= 4 is 28.6 Å². The molecule has 0 bridgehead atoms. The minimum Gasteiger partial charge on any atom is -0.469 e. The van der Waals surface area contributed by atoms with Crippen LogP contribution in [0.15, 0.2) is 18.2 Å². The Kier molecular flexibility index (Phi) is 3.77. The molecule has 122 valence electrons. The molecule has 23 heavy (non-hydrogen) atoms. The first-order chi connectivity index (χ1) is 11.2. The molecule has 6 heteroatoms. The second kappa shape index (κ2) is 5.80. The van der Waals surface area contributed by atoms with Gasteiger partial charge in [-0.05, 0) is 36.5 Å². The van der Waals surface area contributed by atoms with Gasteiger partial charge in [-0.15, -0.1) is 11.6 Å². The van der Waals surface area contributed by atoms with Crippen molar-refractivity contribution in [1.82, 2.24) is 9.55 Å². The van der Waals surface area contributed by atoms with Gasteiger partial charge in [0.2, 0.25) is 0 Å². The number of methoxy groups -OCH3 is 1. The number of ether oxygens (including phenoxy) is 2. The van der Waals surface area contributed by atoms with Crippen LogP contribution in [0.25, 0.3) is 11.0 Å². The van der Waals surface area contributed by atoms with Crippen LogP contribution in [0, 0.1) is 5.92 Å². The fraction of sp³-hybridized carbons (Fsp3) is 0.529. The van der Waals surface area contributed by atoms with E-state index in [1.54, 1.807) is 0 Å². The lowest BCUT2D eigenvalue weighted by atomic mass is 10.1. The minimum absolute atomic E-state index is 0.00344. The molecule has 4 rings (SSSR count). The average Bonchev–Trinajstić information content (AvgIpc) is 3.25. The van der Waals surface area contributed by atoms with E-state index in [0.29, 0.717) is 5.88 Å². The zero-order chi connectivity index (χ0) is 16.0. The van der Waals surface area contributed by atoms with Gasteiger partial charge in [-0.1, -0.05) is 6.07 Å². The van der Waals surface area contributed by atoms with E-state index in [9.17, 15) is 4.79 Å². The van der Waals surface area contributed by atoms with E-state index in [2.05, 4.69) is 21.7 Å². The third-order valence-corrected chi connectivity index (χ3v) is 5.11. The van der Waals surface area contributed by atoms with Crippen LogP contribution >= 0.6 is 11.6 Å². The molecule has 2 unspecified atom stereocenters. The van der Waals surface area contributed by atoms with Crippen LogP contribution in [-0.2, 0) is 26.7 Å².